The second kappa shape index (κ2) is 12.9. The molecule has 0 bridgehead atoms. The Morgan fingerprint density at radius 1 is 0.963 bits per heavy atom. The van der Waals surface area contributed by atoms with Gasteiger partial charge in [-0.05, 0) is 12.5 Å². The molecule has 1 rings (SSSR count). The maximum atomic E-state index is 12.3. The number of rotatable bonds is 14. The number of aromatic hydroxyl groups is 1. The molecular formula is C20H29Cl2NO4. The number of nitro benzene ring substituents is 1. The highest BCUT2D eigenvalue weighted by Crippen LogP contribution is 2.41. The van der Waals surface area contributed by atoms with Gasteiger partial charge in [-0.1, -0.05) is 94.3 Å². The van der Waals surface area contributed by atoms with Gasteiger partial charge in [0, 0.05) is 6.42 Å². The summed E-state index contributed by atoms with van der Waals surface area (Å²) in [6, 6.07) is 1.13. The van der Waals surface area contributed by atoms with E-state index in [0.717, 1.165) is 25.3 Å². The van der Waals surface area contributed by atoms with Crippen molar-refractivity contribution in [2.45, 2.75) is 84.0 Å². The lowest BCUT2D eigenvalue weighted by atomic mass is 10.0. The van der Waals surface area contributed by atoms with Gasteiger partial charge >= 0.3 is 5.69 Å². The highest BCUT2D eigenvalue weighted by Gasteiger charge is 2.28. The van der Waals surface area contributed by atoms with Crippen molar-refractivity contribution in [2.75, 3.05) is 0 Å². The summed E-state index contributed by atoms with van der Waals surface area (Å²) in [5.41, 5.74) is -0.886. The van der Waals surface area contributed by atoms with Crippen LogP contribution in [0, 0.1) is 10.1 Å². The summed E-state index contributed by atoms with van der Waals surface area (Å²) in [5, 5.41) is 20.7. The molecule has 0 amide bonds. The summed E-state index contributed by atoms with van der Waals surface area (Å²) >= 11 is 11.7. The van der Waals surface area contributed by atoms with E-state index in [9.17, 15) is 20.0 Å². The molecule has 0 heterocycles. The Morgan fingerprint density at radius 2 is 1.44 bits per heavy atom. The van der Waals surface area contributed by atoms with E-state index in [4.69, 9.17) is 23.2 Å². The molecule has 0 aliphatic heterocycles. The molecule has 0 atom stereocenters. The number of benzene rings is 1. The van der Waals surface area contributed by atoms with Gasteiger partial charge in [0.15, 0.2) is 5.78 Å². The Kier molecular flexibility index (Phi) is 11.4. The number of nitro groups is 1. The van der Waals surface area contributed by atoms with Gasteiger partial charge in [0.2, 0.25) is 5.75 Å². The summed E-state index contributed by atoms with van der Waals surface area (Å²) in [4.78, 5) is 22.5. The number of unbranched alkanes of at least 4 members (excludes halogenated alkanes) is 10. The molecule has 1 aromatic rings. The Balaban J connectivity index is 2.34. The lowest BCUT2D eigenvalue weighted by Crippen LogP contribution is -2.03. The highest BCUT2D eigenvalue weighted by molar-refractivity contribution is 6.38. The molecule has 0 spiro atoms. The third-order valence-corrected chi connectivity index (χ3v) is 5.23. The molecular weight excluding hydrogens is 389 g/mol. The van der Waals surface area contributed by atoms with Crippen LogP contribution in [0.1, 0.15) is 94.3 Å². The largest absolute Gasteiger partial charge is 0.502 e. The predicted octanol–water partition coefficient (Wildman–Crippen LogP) is 7.49. The summed E-state index contributed by atoms with van der Waals surface area (Å²) < 4.78 is 0. The first-order valence-corrected chi connectivity index (χ1v) is 10.5. The van der Waals surface area contributed by atoms with Gasteiger partial charge in [-0.25, -0.2) is 0 Å². The van der Waals surface area contributed by atoms with Gasteiger partial charge < -0.3 is 5.11 Å². The zero-order chi connectivity index (χ0) is 20.2. The van der Waals surface area contributed by atoms with Crippen LogP contribution in [0.2, 0.25) is 10.0 Å². The maximum Gasteiger partial charge on any atom is 0.329 e. The van der Waals surface area contributed by atoms with Crippen LogP contribution >= 0.6 is 23.2 Å². The van der Waals surface area contributed by atoms with E-state index in [2.05, 4.69) is 6.92 Å². The van der Waals surface area contributed by atoms with Gasteiger partial charge in [0.1, 0.15) is 5.02 Å². The number of hydrogen-bond acceptors (Lipinski definition) is 4. The van der Waals surface area contributed by atoms with Crippen molar-refractivity contribution in [1.82, 2.24) is 0 Å². The van der Waals surface area contributed by atoms with Crippen molar-refractivity contribution in [2.24, 2.45) is 0 Å². The first-order valence-electron chi connectivity index (χ1n) is 9.78. The first-order chi connectivity index (χ1) is 12.9. The first kappa shape index (κ1) is 23.7. The summed E-state index contributed by atoms with van der Waals surface area (Å²) in [6.45, 7) is 2.22. The second-order valence-corrected chi connectivity index (χ2v) is 7.69. The number of carbonyl (C=O) groups excluding carboxylic acids is 1. The van der Waals surface area contributed by atoms with Crippen LogP contribution in [-0.4, -0.2) is 15.8 Å². The van der Waals surface area contributed by atoms with Crippen molar-refractivity contribution in [3.05, 3.63) is 31.8 Å². The fraction of sp³-hybridized carbons (Fsp3) is 0.650. The summed E-state index contributed by atoms with van der Waals surface area (Å²) in [6.07, 6.45) is 13.0. The van der Waals surface area contributed by atoms with E-state index in [1.807, 2.05) is 0 Å². The SMILES string of the molecule is CCCCCCCCCCCCCC(=O)c1c(Cl)cc(Cl)c([N+](=O)[O-])c1O. The Labute approximate surface area is 171 Å². The van der Waals surface area contributed by atoms with Gasteiger partial charge in [-0.2, -0.15) is 0 Å². The topological polar surface area (TPSA) is 80.4 Å². The van der Waals surface area contributed by atoms with Crippen molar-refractivity contribution in [3.8, 4) is 5.75 Å². The van der Waals surface area contributed by atoms with Crippen LogP contribution in [0.3, 0.4) is 0 Å². The molecule has 0 saturated heterocycles. The van der Waals surface area contributed by atoms with Gasteiger partial charge in [0.25, 0.3) is 0 Å². The standard InChI is InChI=1S/C20H29Cl2NO4/c1-2-3-4-5-6-7-8-9-10-11-12-13-17(24)18-15(21)14-16(22)19(20(18)25)23(26)27/h14,25H,2-13H2,1H3. The molecule has 27 heavy (non-hydrogen) atoms. The number of ketones is 1. The van der Waals surface area contributed by atoms with Crippen LogP contribution < -0.4 is 0 Å². The fourth-order valence-corrected chi connectivity index (χ4v) is 3.74. The normalized spacial score (nSPS) is 10.9. The van der Waals surface area contributed by atoms with E-state index >= 15 is 0 Å². The Morgan fingerprint density at radius 3 is 1.93 bits per heavy atom. The van der Waals surface area contributed by atoms with Crippen molar-refractivity contribution in [3.63, 3.8) is 0 Å². The van der Waals surface area contributed by atoms with Gasteiger partial charge in [-0.3, -0.25) is 14.9 Å². The zero-order valence-electron chi connectivity index (χ0n) is 15.9. The number of nitrogens with zero attached hydrogens (tertiary/aromatic N) is 1. The average Bonchev–Trinajstić information content (AvgIpc) is 2.58. The molecule has 0 unspecified atom stereocenters. The van der Waals surface area contributed by atoms with Gasteiger partial charge in [0.05, 0.1) is 15.5 Å². The summed E-state index contributed by atoms with van der Waals surface area (Å²) in [7, 11) is 0. The van der Waals surface area contributed by atoms with E-state index < -0.39 is 22.1 Å². The Bertz CT molecular complexity index is 635. The molecule has 0 aliphatic carbocycles. The Hall–Kier alpha value is -1.33. The van der Waals surface area contributed by atoms with Crippen LogP contribution in [0.15, 0.2) is 6.07 Å². The third-order valence-electron chi connectivity index (χ3n) is 4.65. The molecule has 0 radical (unpaired) electrons. The smallest absolute Gasteiger partial charge is 0.329 e. The van der Waals surface area contributed by atoms with Crippen molar-refractivity contribution >= 4 is 34.7 Å². The number of phenols is 1. The molecule has 0 saturated carbocycles. The molecule has 0 aliphatic rings. The molecule has 1 N–H and O–H groups in total. The molecule has 1 aromatic carbocycles. The van der Waals surface area contributed by atoms with E-state index in [0.29, 0.717) is 6.42 Å². The number of carbonyl (C=O) groups is 1. The minimum Gasteiger partial charge on any atom is -0.502 e. The van der Waals surface area contributed by atoms with E-state index in [1.165, 1.54) is 44.9 Å². The molecule has 0 fully saturated rings. The monoisotopic (exact) mass is 417 g/mol. The number of halogens is 2. The highest BCUT2D eigenvalue weighted by atomic mass is 35.5. The van der Waals surface area contributed by atoms with Crippen LogP contribution in [0.25, 0.3) is 0 Å². The van der Waals surface area contributed by atoms with Crippen LogP contribution in [0.4, 0.5) is 5.69 Å². The minimum atomic E-state index is -0.812. The minimum absolute atomic E-state index is 0.0591. The van der Waals surface area contributed by atoms with Crippen LogP contribution in [0.5, 0.6) is 5.75 Å². The average molecular weight is 418 g/mol. The fourth-order valence-electron chi connectivity index (χ4n) is 3.11. The summed E-state index contributed by atoms with van der Waals surface area (Å²) in [5.74, 6) is -1.14. The lowest BCUT2D eigenvalue weighted by molar-refractivity contribution is -0.385. The van der Waals surface area contributed by atoms with Crippen LogP contribution in [-0.2, 0) is 0 Å². The molecule has 7 heteroatoms. The predicted molar refractivity (Wildman–Crippen MR) is 110 cm³/mol. The lowest BCUT2D eigenvalue weighted by Gasteiger charge is -2.08. The zero-order valence-corrected chi connectivity index (χ0v) is 17.4. The van der Waals surface area contributed by atoms with Crippen molar-refractivity contribution in [1.29, 1.82) is 0 Å². The van der Waals surface area contributed by atoms with E-state index in [-0.39, 0.29) is 22.0 Å². The van der Waals surface area contributed by atoms with E-state index in [1.54, 1.807) is 0 Å². The third kappa shape index (κ3) is 8.06. The van der Waals surface area contributed by atoms with Crippen molar-refractivity contribution < 1.29 is 14.8 Å². The number of phenolic OH excluding ortho intramolecular Hbond substituents is 1. The maximum absolute atomic E-state index is 12.3. The number of hydrogen-bond donors (Lipinski definition) is 1. The molecule has 0 aromatic heterocycles. The second-order valence-electron chi connectivity index (χ2n) is 6.88. The number of Topliss-reactive ketones (excluding diaryl/α,β-unsaturated/α-hetero) is 1. The van der Waals surface area contributed by atoms with Gasteiger partial charge in [-0.15, -0.1) is 0 Å². The quantitative estimate of drug-likeness (QED) is 0.147. The molecule has 152 valence electrons. The molecule has 5 nitrogen and oxygen atoms in total.